The molecule has 0 fully saturated rings. The molecule has 1 heterocycles. The summed E-state index contributed by atoms with van der Waals surface area (Å²) in [5.41, 5.74) is 0.172. The van der Waals surface area contributed by atoms with Crippen molar-refractivity contribution in [3.63, 3.8) is 0 Å². The van der Waals surface area contributed by atoms with Crippen molar-refractivity contribution in [1.29, 1.82) is 0 Å². The van der Waals surface area contributed by atoms with Gasteiger partial charge in [-0.1, -0.05) is 28.1 Å². The molecule has 1 aromatic heterocycles. The summed E-state index contributed by atoms with van der Waals surface area (Å²) < 4.78 is 43.3. The zero-order chi connectivity index (χ0) is 14.0. The first-order chi connectivity index (χ1) is 8.86. The number of rotatable bonds is 3. The van der Waals surface area contributed by atoms with E-state index in [1.807, 2.05) is 6.07 Å². The molecule has 19 heavy (non-hydrogen) atoms. The summed E-state index contributed by atoms with van der Waals surface area (Å²) in [6.07, 6.45) is -3.74. The largest absolute Gasteiger partial charge is 0.453 e. The Morgan fingerprint density at radius 3 is 2.16 bits per heavy atom. The van der Waals surface area contributed by atoms with E-state index in [9.17, 15) is 13.2 Å². The number of furan rings is 1. The third-order valence-corrected chi connectivity index (χ3v) is 3.80. The molecule has 0 spiro atoms. The van der Waals surface area contributed by atoms with Crippen LogP contribution in [0, 0.1) is 0 Å². The second-order valence-electron chi connectivity index (χ2n) is 4.01. The van der Waals surface area contributed by atoms with Crippen molar-refractivity contribution in [3.05, 3.63) is 58.0 Å². The molecule has 1 unspecified atom stereocenters. The molecule has 0 radical (unpaired) electrons. The van der Waals surface area contributed by atoms with Gasteiger partial charge in [0, 0.05) is 0 Å². The SMILES string of the molecule is FC(F)(F)c1ccc(CC(Br)c2ccc(Br)o2)cc1. The second-order valence-corrected chi connectivity index (χ2v) is 5.90. The van der Waals surface area contributed by atoms with Crippen LogP contribution in [0.25, 0.3) is 0 Å². The van der Waals surface area contributed by atoms with E-state index in [0.717, 1.165) is 23.5 Å². The van der Waals surface area contributed by atoms with Gasteiger partial charge in [0.05, 0.1) is 10.4 Å². The van der Waals surface area contributed by atoms with Crippen molar-refractivity contribution in [2.75, 3.05) is 0 Å². The van der Waals surface area contributed by atoms with Crippen LogP contribution in [-0.2, 0) is 12.6 Å². The molecule has 1 aromatic carbocycles. The van der Waals surface area contributed by atoms with Crippen LogP contribution in [-0.4, -0.2) is 0 Å². The van der Waals surface area contributed by atoms with Crippen molar-refractivity contribution in [3.8, 4) is 0 Å². The number of benzene rings is 1. The monoisotopic (exact) mass is 396 g/mol. The van der Waals surface area contributed by atoms with E-state index in [-0.39, 0.29) is 4.83 Å². The minimum Gasteiger partial charge on any atom is -0.453 e. The highest BCUT2D eigenvalue weighted by molar-refractivity contribution is 9.10. The van der Waals surface area contributed by atoms with Crippen LogP contribution in [0.4, 0.5) is 13.2 Å². The lowest BCUT2D eigenvalue weighted by Gasteiger charge is -2.09. The Bertz CT molecular complexity index is 546. The summed E-state index contributed by atoms with van der Waals surface area (Å²) in [5.74, 6) is 0.728. The molecule has 0 bridgehead atoms. The van der Waals surface area contributed by atoms with E-state index < -0.39 is 11.7 Å². The van der Waals surface area contributed by atoms with Gasteiger partial charge >= 0.3 is 6.18 Å². The predicted molar refractivity (Wildman–Crippen MR) is 73.2 cm³/mol. The van der Waals surface area contributed by atoms with Crippen LogP contribution in [0.2, 0.25) is 0 Å². The fourth-order valence-electron chi connectivity index (χ4n) is 1.63. The summed E-state index contributed by atoms with van der Waals surface area (Å²) in [5, 5.41) is 0. The minimum atomic E-state index is -4.29. The molecule has 102 valence electrons. The van der Waals surface area contributed by atoms with Crippen LogP contribution >= 0.6 is 31.9 Å². The lowest BCUT2D eigenvalue weighted by atomic mass is 10.1. The molecule has 2 aromatic rings. The van der Waals surface area contributed by atoms with Crippen LogP contribution in [0.1, 0.15) is 21.7 Å². The molecule has 0 amide bonds. The quantitative estimate of drug-likeness (QED) is 0.602. The molecule has 6 heteroatoms. The van der Waals surface area contributed by atoms with Gasteiger partial charge in [-0.3, -0.25) is 0 Å². The lowest BCUT2D eigenvalue weighted by molar-refractivity contribution is -0.137. The van der Waals surface area contributed by atoms with E-state index in [4.69, 9.17) is 4.42 Å². The Kier molecular flexibility index (Phi) is 4.40. The molecule has 0 aliphatic heterocycles. The molecule has 2 rings (SSSR count). The zero-order valence-corrected chi connectivity index (χ0v) is 12.7. The van der Waals surface area contributed by atoms with Crippen molar-refractivity contribution in [1.82, 2.24) is 0 Å². The highest BCUT2D eigenvalue weighted by atomic mass is 79.9. The van der Waals surface area contributed by atoms with Gasteiger partial charge in [0.1, 0.15) is 5.76 Å². The first-order valence-electron chi connectivity index (χ1n) is 5.41. The molecule has 1 nitrogen and oxygen atoms in total. The van der Waals surface area contributed by atoms with E-state index in [2.05, 4.69) is 31.9 Å². The van der Waals surface area contributed by atoms with Crippen LogP contribution in [0.5, 0.6) is 0 Å². The fraction of sp³-hybridized carbons (Fsp3) is 0.231. The van der Waals surface area contributed by atoms with Crippen LogP contribution in [0.3, 0.4) is 0 Å². The standard InChI is InChI=1S/C13H9Br2F3O/c14-10(11-5-6-12(15)19-11)7-8-1-3-9(4-2-8)13(16,17)18/h1-6,10H,7H2. The average Bonchev–Trinajstić information content (AvgIpc) is 2.75. The molecule has 1 atom stereocenters. The maximum absolute atomic E-state index is 12.4. The molecule has 0 aliphatic rings. The van der Waals surface area contributed by atoms with E-state index in [0.29, 0.717) is 11.1 Å². The second kappa shape index (κ2) is 5.71. The van der Waals surface area contributed by atoms with Gasteiger partial charge in [-0.15, -0.1) is 0 Å². The van der Waals surface area contributed by atoms with Gasteiger partial charge in [-0.25, -0.2) is 0 Å². The minimum absolute atomic E-state index is 0.0736. The topological polar surface area (TPSA) is 13.1 Å². The van der Waals surface area contributed by atoms with E-state index in [1.165, 1.54) is 12.1 Å². The fourth-order valence-corrected chi connectivity index (χ4v) is 2.57. The smallest absolute Gasteiger partial charge is 0.416 e. The van der Waals surface area contributed by atoms with E-state index in [1.54, 1.807) is 6.07 Å². The van der Waals surface area contributed by atoms with Crippen molar-refractivity contribution in [2.45, 2.75) is 17.4 Å². The van der Waals surface area contributed by atoms with Gasteiger partial charge in [0.25, 0.3) is 0 Å². The molecule has 0 saturated heterocycles. The van der Waals surface area contributed by atoms with Crippen LogP contribution in [0.15, 0.2) is 45.5 Å². The molecular weight excluding hydrogens is 389 g/mol. The molecule has 0 saturated carbocycles. The summed E-state index contributed by atoms with van der Waals surface area (Å²) in [6.45, 7) is 0. The number of hydrogen-bond acceptors (Lipinski definition) is 1. The number of hydrogen-bond donors (Lipinski definition) is 0. The summed E-state index contributed by atoms with van der Waals surface area (Å²) in [6, 6.07) is 8.73. The first-order valence-corrected chi connectivity index (χ1v) is 7.12. The molecule has 0 N–H and O–H groups in total. The Morgan fingerprint density at radius 2 is 1.68 bits per heavy atom. The predicted octanol–water partition coefficient (Wildman–Crippen LogP) is 5.74. The average molecular weight is 398 g/mol. The van der Waals surface area contributed by atoms with Crippen molar-refractivity contribution >= 4 is 31.9 Å². The van der Waals surface area contributed by atoms with Crippen molar-refractivity contribution < 1.29 is 17.6 Å². The molecular formula is C13H9Br2F3O. The highest BCUT2D eigenvalue weighted by Crippen LogP contribution is 2.32. The van der Waals surface area contributed by atoms with Gasteiger partial charge in [0.15, 0.2) is 4.67 Å². The van der Waals surface area contributed by atoms with Gasteiger partial charge in [-0.2, -0.15) is 13.2 Å². The normalized spacial score (nSPS) is 13.5. The number of alkyl halides is 4. The van der Waals surface area contributed by atoms with Gasteiger partial charge < -0.3 is 4.42 Å². The molecule has 0 aliphatic carbocycles. The van der Waals surface area contributed by atoms with Crippen molar-refractivity contribution in [2.24, 2.45) is 0 Å². The summed E-state index contributed by atoms with van der Waals surface area (Å²) >= 11 is 6.66. The zero-order valence-electron chi connectivity index (χ0n) is 9.55. The van der Waals surface area contributed by atoms with Gasteiger partial charge in [-0.05, 0) is 52.2 Å². The lowest BCUT2D eigenvalue weighted by Crippen LogP contribution is -2.04. The Morgan fingerprint density at radius 1 is 1.05 bits per heavy atom. The first kappa shape index (κ1) is 14.7. The highest BCUT2D eigenvalue weighted by Gasteiger charge is 2.30. The number of halogens is 5. The maximum atomic E-state index is 12.4. The van der Waals surface area contributed by atoms with Gasteiger partial charge in [0.2, 0.25) is 0 Å². The Hall–Kier alpha value is -0.750. The summed E-state index contributed by atoms with van der Waals surface area (Å²) in [4.78, 5) is -0.0736. The third kappa shape index (κ3) is 3.86. The Balaban J connectivity index is 2.07. The maximum Gasteiger partial charge on any atom is 0.416 e. The summed E-state index contributed by atoms with van der Waals surface area (Å²) in [7, 11) is 0. The Labute approximate surface area is 125 Å². The third-order valence-electron chi connectivity index (χ3n) is 2.60. The van der Waals surface area contributed by atoms with Crippen LogP contribution < -0.4 is 0 Å². The van der Waals surface area contributed by atoms with E-state index >= 15 is 0 Å².